The number of carbonyl (C=O) groups is 3. The van der Waals surface area contributed by atoms with Crippen LogP contribution in [0.5, 0.6) is 0 Å². The molecule has 0 aliphatic rings. The second kappa shape index (κ2) is 44.5. The Morgan fingerprint density at radius 3 is 1.37 bits per heavy atom. The maximum absolute atomic E-state index is 12.7. The quantitative estimate of drug-likeness (QED) is 0.0205. The Hall–Kier alpha value is -4.19. The zero-order valence-electron chi connectivity index (χ0n) is 36.0. The summed E-state index contributed by atoms with van der Waals surface area (Å²) in [6, 6.07) is 0. The molecule has 0 spiro atoms. The number of allylic oxidation sites excluding steroid dienone is 19. The topological polar surface area (TPSA) is 78.9 Å². The van der Waals surface area contributed by atoms with Crippen LogP contribution in [0.1, 0.15) is 162 Å². The summed E-state index contributed by atoms with van der Waals surface area (Å²) in [4.78, 5) is 37.6. The second-order valence-electron chi connectivity index (χ2n) is 14.0. The Bertz CT molecular complexity index is 1270. The van der Waals surface area contributed by atoms with Crippen molar-refractivity contribution < 1.29 is 28.6 Å². The van der Waals surface area contributed by atoms with Crippen molar-refractivity contribution >= 4 is 17.9 Å². The van der Waals surface area contributed by atoms with Crippen LogP contribution in [-0.2, 0) is 28.6 Å². The van der Waals surface area contributed by atoms with Gasteiger partial charge in [-0.05, 0) is 51.4 Å². The summed E-state index contributed by atoms with van der Waals surface area (Å²) in [5.74, 6) is -1.11. The van der Waals surface area contributed by atoms with Gasteiger partial charge in [0.15, 0.2) is 6.10 Å². The molecule has 0 aromatic heterocycles. The zero-order valence-corrected chi connectivity index (χ0v) is 36.0. The lowest BCUT2D eigenvalue weighted by Gasteiger charge is -2.18. The molecular formula is C51H78O6. The molecule has 0 aliphatic carbocycles. The highest BCUT2D eigenvalue weighted by Crippen LogP contribution is 2.13. The molecule has 0 radical (unpaired) electrons. The first kappa shape index (κ1) is 52.8. The molecule has 6 heteroatoms. The first-order chi connectivity index (χ1) is 28.0. The first-order valence-corrected chi connectivity index (χ1v) is 22.1. The molecule has 0 saturated carbocycles. The molecule has 0 bridgehead atoms. The molecule has 0 aromatic carbocycles. The van der Waals surface area contributed by atoms with E-state index in [1.807, 2.05) is 79.0 Å². The molecule has 318 valence electrons. The van der Waals surface area contributed by atoms with Crippen LogP contribution in [0.3, 0.4) is 0 Å². The summed E-state index contributed by atoms with van der Waals surface area (Å²) in [6.07, 6.45) is 60.7. The predicted octanol–water partition coefficient (Wildman–Crippen LogP) is 14.2. The van der Waals surface area contributed by atoms with Crippen LogP contribution in [0.2, 0.25) is 0 Å². The Labute approximate surface area is 348 Å². The molecule has 0 aromatic rings. The molecule has 0 heterocycles. The van der Waals surface area contributed by atoms with Gasteiger partial charge in [0.25, 0.3) is 0 Å². The molecule has 1 unspecified atom stereocenters. The van der Waals surface area contributed by atoms with Crippen molar-refractivity contribution in [2.24, 2.45) is 0 Å². The summed E-state index contributed by atoms with van der Waals surface area (Å²) < 4.78 is 16.5. The van der Waals surface area contributed by atoms with Gasteiger partial charge >= 0.3 is 17.9 Å². The van der Waals surface area contributed by atoms with Gasteiger partial charge in [0.05, 0.1) is 6.42 Å². The maximum Gasteiger partial charge on any atom is 0.309 e. The van der Waals surface area contributed by atoms with Gasteiger partial charge in [-0.2, -0.15) is 0 Å². The molecule has 0 aliphatic heterocycles. The van der Waals surface area contributed by atoms with Crippen molar-refractivity contribution in [3.05, 3.63) is 122 Å². The average molecular weight is 787 g/mol. The minimum atomic E-state index is -0.831. The number of carbonyl (C=O) groups excluding carboxylic acids is 3. The largest absolute Gasteiger partial charge is 0.462 e. The SMILES string of the molecule is CC\C=C/C=C\C=C/C=C\C=C\C=C/C=C\CCCCCC(=O)OCC(COC(=O)C/C=C\C/C=C\C/C=C\CC)OC(=O)CCCCCCCCCCCCC. The fourth-order valence-corrected chi connectivity index (χ4v) is 5.42. The lowest BCUT2D eigenvalue weighted by Crippen LogP contribution is -2.30. The van der Waals surface area contributed by atoms with Crippen LogP contribution in [0, 0.1) is 0 Å². The first-order valence-electron chi connectivity index (χ1n) is 22.1. The fraction of sp³-hybridized carbons (Fsp3) is 0.549. The van der Waals surface area contributed by atoms with Crippen molar-refractivity contribution in [1.82, 2.24) is 0 Å². The van der Waals surface area contributed by atoms with E-state index in [1.54, 1.807) is 6.08 Å². The summed E-state index contributed by atoms with van der Waals surface area (Å²) in [6.45, 7) is 6.19. The zero-order chi connectivity index (χ0) is 41.5. The lowest BCUT2D eigenvalue weighted by molar-refractivity contribution is -0.166. The van der Waals surface area contributed by atoms with Gasteiger partial charge in [-0.3, -0.25) is 14.4 Å². The molecule has 0 saturated heterocycles. The summed E-state index contributed by atoms with van der Waals surface area (Å²) in [5, 5.41) is 0. The van der Waals surface area contributed by atoms with Crippen molar-refractivity contribution in [3.8, 4) is 0 Å². The highest BCUT2D eigenvalue weighted by atomic mass is 16.6. The van der Waals surface area contributed by atoms with Crippen LogP contribution >= 0.6 is 0 Å². The number of ether oxygens (including phenoxy) is 3. The van der Waals surface area contributed by atoms with E-state index in [0.717, 1.165) is 64.2 Å². The number of unbranched alkanes of at least 4 members (excludes halogenated alkanes) is 13. The molecule has 0 rings (SSSR count). The summed E-state index contributed by atoms with van der Waals surface area (Å²) in [7, 11) is 0. The highest BCUT2D eigenvalue weighted by Gasteiger charge is 2.19. The Morgan fingerprint density at radius 1 is 0.404 bits per heavy atom. The van der Waals surface area contributed by atoms with Gasteiger partial charge in [0, 0.05) is 12.8 Å². The van der Waals surface area contributed by atoms with E-state index in [9.17, 15) is 14.4 Å². The van der Waals surface area contributed by atoms with Crippen molar-refractivity contribution in [1.29, 1.82) is 0 Å². The predicted molar refractivity (Wildman–Crippen MR) is 242 cm³/mol. The molecule has 57 heavy (non-hydrogen) atoms. The summed E-state index contributed by atoms with van der Waals surface area (Å²) in [5.41, 5.74) is 0. The molecule has 0 fully saturated rings. The van der Waals surface area contributed by atoms with Crippen molar-refractivity contribution in [2.75, 3.05) is 13.2 Å². The third kappa shape index (κ3) is 42.8. The van der Waals surface area contributed by atoms with Gasteiger partial charge in [0.1, 0.15) is 13.2 Å². The van der Waals surface area contributed by atoms with Gasteiger partial charge < -0.3 is 14.2 Å². The third-order valence-electron chi connectivity index (χ3n) is 8.69. The van der Waals surface area contributed by atoms with Gasteiger partial charge in [-0.1, -0.05) is 213 Å². The molecular weight excluding hydrogens is 709 g/mol. The number of esters is 3. The van der Waals surface area contributed by atoms with Gasteiger partial charge in [0.2, 0.25) is 0 Å². The Balaban J connectivity index is 4.54. The Morgan fingerprint density at radius 2 is 0.825 bits per heavy atom. The van der Waals surface area contributed by atoms with E-state index in [4.69, 9.17) is 14.2 Å². The fourth-order valence-electron chi connectivity index (χ4n) is 5.42. The minimum Gasteiger partial charge on any atom is -0.462 e. The van der Waals surface area contributed by atoms with Crippen LogP contribution in [0.4, 0.5) is 0 Å². The number of hydrogen-bond donors (Lipinski definition) is 0. The average Bonchev–Trinajstić information content (AvgIpc) is 3.21. The van der Waals surface area contributed by atoms with Crippen LogP contribution < -0.4 is 0 Å². The normalized spacial score (nSPS) is 13.2. The van der Waals surface area contributed by atoms with Crippen molar-refractivity contribution in [2.45, 2.75) is 168 Å². The van der Waals surface area contributed by atoms with Gasteiger partial charge in [-0.25, -0.2) is 0 Å². The number of hydrogen-bond acceptors (Lipinski definition) is 6. The van der Waals surface area contributed by atoms with E-state index >= 15 is 0 Å². The second-order valence-corrected chi connectivity index (χ2v) is 14.0. The monoisotopic (exact) mass is 787 g/mol. The smallest absolute Gasteiger partial charge is 0.309 e. The summed E-state index contributed by atoms with van der Waals surface area (Å²) >= 11 is 0. The third-order valence-corrected chi connectivity index (χ3v) is 8.69. The van der Waals surface area contributed by atoms with E-state index in [2.05, 4.69) is 57.2 Å². The van der Waals surface area contributed by atoms with Gasteiger partial charge in [-0.15, -0.1) is 0 Å². The van der Waals surface area contributed by atoms with E-state index in [-0.39, 0.29) is 38.0 Å². The lowest BCUT2D eigenvalue weighted by atomic mass is 10.1. The molecule has 6 nitrogen and oxygen atoms in total. The van der Waals surface area contributed by atoms with Crippen molar-refractivity contribution in [3.63, 3.8) is 0 Å². The van der Waals surface area contributed by atoms with E-state index in [1.165, 1.54) is 51.4 Å². The van der Waals surface area contributed by atoms with E-state index in [0.29, 0.717) is 12.8 Å². The van der Waals surface area contributed by atoms with E-state index < -0.39 is 12.1 Å². The molecule has 0 N–H and O–H groups in total. The molecule has 1 atom stereocenters. The standard InChI is InChI=1S/C51H78O6/c1-4-7-10-13-16-19-21-22-23-24-25-26-27-28-30-32-35-38-41-44-50(53)56-47-48(46-55-49(52)43-40-37-34-31-18-15-12-9-6-3)57-51(54)45-42-39-36-33-29-20-17-14-11-8-5-2/h7,9-10,12-13,16,18-19,21-28,30-31,37,40,48H,4-6,8,11,14-15,17,20,29,32-36,38-39,41-47H2,1-3H3/b10-7-,12-9-,16-13-,21-19-,23-22-,25-24+,27-26-,30-28-,31-18-,40-37-. The number of rotatable bonds is 37. The maximum atomic E-state index is 12.7. The molecule has 0 amide bonds. The minimum absolute atomic E-state index is 0.122. The Kier molecular flexibility index (Phi) is 41.3. The highest BCUT2D eigenvalue weighted by molar-refractivity contribution is 5.72. The van der Waals surface area contributed by atoms with Crippen LogP contribution in [-0.4, -0.2) is 37.2 Å². The van der Waals surface area contributed by atoms with Crippen LogP contribution in [0.15, 0.2) is 122 Å². The van der Waals surface area contributed by atoms with Crippen LogP contribution in [0.25, 0.3) is 0 Å².